The summed E-state index contributed by atoms with van der Waals surface area (Å²) in [4.78, 5) is 17.6. The van der Waals surface area contributed by atoms with Crippen LogP contribution in [0.5, 0.6) is 0 Å². The Bertz CT molecular complexity index is 892. The zero-order valence-electron chi connectivity index (χ0n) is 12.8. The van der Waals surface area contributed by atoms with Crippen molar-refractivity contribution in [1.82, 2.24) is 4.98 Å². The zero-order chi connectivity index (χ0) is 17.1. The number of rotatable bonds is 4. The number of aromatic nitrogens is 1. The molecule has 0 aliphatic rings. The van der Waals surface area contributed by atoms with E-state index in [9.17, 15) is 4.79 Å². The molecule has 6 heteroatoms. The Kier molecular flexibility index (Phi) is 5.19. The number of nitrogens with zero attached hydrogens (tertiary/aromatic N) is 1. The topological polar surface area (TPSA) is 42.0 Å². The highest BCUT2D eigenvalue weighted by Gasteiger charge is 2.12. The molecule has 0 saturated carbocycles. The van der Waals surface area contributed by atoms with Crippen molar-refractivity contribution in [2.24, 2.45) is 0 Å². The lowest BCUT2D eigenvalue weighted by atomic mass is 10.1. The molecule has 0 radical (unpaired) electrons. The van der Waals surface area contributed by atoms with Gasteiger partial charge in [0.1, 0.15) is 0 Å². The third kappa shape index (κ3) is 3.96. The van der Waals surface area contributed by atoms with Crippen molar-refractivity contribution in [3.63, 3.8) is 0 Å². The van der Waals surface area contributed by atoms with Gasteiger partial charge in [-0.05, 0) is 36.2 Å². The Labute approximate surface area is 154 Å². The number of benzene rings is 2. The van der Waals surface area contributed by atoms with E-state index in [0.29, 0.717) is 27.2 Å². The molecule has 1 aromatic heterocycles. The summed E-state index contributed by atoms with van der Waals surface area (Å²) in [6, 6.07) is 12.9. The number of thiazole rings is 1. The van der Waals surface area contributed by atoms with E-state index in [1.54, 1.807) is 18.3 Å². The second-order valence-corrected chi connectivity index (χ2v) is 7.27. The van der Waals surface area contributed by atoms with Crippen LogP contribution < -0.4 is 5.32 Å². The molecule has 122 valence electrons. The fraction of sp³-hybridized carbons (Fsp3) is 0.111. The van der Waals surface area contributed by atoms with Crippen LogP contribution >= 0.6 is 34.5 Å². The van der Waals surface area contributed by atoms with E-state index >= 15 is 0 Å². The first-order valence-corrected chi connectivity index (χ1v) is 8.86. The first kappa shape index (κ1) is 17.0. The van der Waals surface area contributed by atoms with Crippen molar-refractivity contribution in [3.05, 3.63) is 80.3 Å². The molecular formula is C18H14Cl2N2OS. The average Bonchev–Trinajstić information content (AvgIpc) is 2.97. The predicted molar refractivity (Wildman–Crippen MR) is 101 cm³/mol. The number of halogens is 2. The second-order valence-electron chi connectivity index (χ2n) is 5.31. The van der Waals surface area contributed by atoms with Crippen LogP contribution in [0.2, 0.25) is 10.0 Å². The number of hydrogen-bond donors (Lipinski definition) is 1. The average molecular weight is 377 g/mol. The Morgan fingerprint density at radius 3 is 2.75 bits per heavy atom. The summed E-state index contributed by atoms with van der Waals surface area (Å²) in [7, 11) is 0. The maximum absolute atomic E-state index is 12.3. The summed E-state index contributed by atoms with van der Waals surface area (Å²) in [6.07, 6.45) is 2.40. The summed E-state index contributed by atoms with van der Waals surface area (Å²) in [5.74, 6) is -0.154. The maximum Gasteiger partial charge on any atom is 0.257 e. The van der Waals surface area contributed by atoms with E-state index in [0.717, 1.165) is 16.0 Å². The normalized spacial score (nSPS) is 10.6. The van der Waals surface area contributed by atoms with Gasteiger partial charge in [0.25, 0.3) is 5.91 Å². The number of carbonyl (C=O) groups is 1. The standard InChI is InChI=1S/C18H14Cl2N2OS/c1-11-4-2-3-5-15(11)17(23)22-18-21-10-14(24-18)8-12-6-7-13(19)9-16(12)20/h2-7,9-10H,8H2,1H3,(H,21,22,23). The van der Waals surface area contributed by atoms with Crippen molar-refractivity contribution in [1.29, 1.82) is 0 Å². The van der Waals surface area contributed by atoms with Crippen molar-refractivity contribution in [2.45, 2.75) is 13.3 Å². The van der Waals surface area contributed by atoms with Crippen LogP contribution in [0, 0.1) is 6.92 Å². The van der Waals surface area contributed by atoms with Gasteiger partial charge in [0, 0.05) is 33.1 Å². The highest BCUT2D eigenvalue weighted by molar-refractivity contribution is 7.15. The molecule has 1 amide bonds. The van der Waals surface area contributed by atoms with Gasteiger partial charge in [-0.15, -0.1) is 11.3 Å². The lowest BCUT2D eigenvalue weighted by Crippen LogP contribution is -2.12. The van der Waals surface area contributed by atoms with Crippen molar-refractivity contribution in [2.75, 3.05) is 5.32 Å². The molecule has 3 rings (SSSR count). The number of aryl methyl sites for hydroxylation is 1. The van der Waals surface area contributed by atoms with E-state index in [1.165, 1.54) is 11.3 Å². The molecule has 3 nitrogen and oxygen atoms in total. The Balaban J connectivity index is 1.72. The number of anilines is 1. The molecular weight excluding hydrogens is 363 g/mol. The quantitative estimate of drug-likeness (QED) is 0.643. The number of nitrogens with one attached hydrogen (secondary N) is 1. The van der Waals surface area contributed by atoms with Crippen LogP contribution in [0.4, 0.5) is 5.13 Å². The predicted octanol–water partition coefficient (Wildman–Crippen LogP) is 5.60. The second kappa shape index (κ2) is 7.34. The molecule has 0 atom stereocenters. The number of amides is 1. The first-order valence-electron chi connectivity index (χ1n) is 7.28. The third-order valence-corrected chi connectivity index (χ3v) is 5.04. The summed E-state index contributed by atoms with van der Waals surface area (Å²) in [5.41, 5.74) is 2.55. The van der Waals surface area contributed by atoms with Crippen LogP contribution in [-0.4, -0.2) is 10.9 Å². The van der Waals surface area contributed by atoms with Crippen LogP contribution in [0.15, 0.2) is 48.7 Å². The van der Waals surface area contributed by atoms with E-state index in [2.05, 4.69) is 10.3 Å². The molecule has 24 heavy (non-hydrogen) atoms. The number of hydrogen-bond acceptors (Lipinski definition) is 3. The molecule has 0 fully saturated rings. The SMILES string of the molecule is Cc1ccccc1C(=O)Nc1ncc(Cc2ccc(Cl)cc2Cl)s1. The maximum atomic E-state index is 12.3. The molecule has 0 aliphatic carbocycles. The molecule has 3 aromatic rings. The first-order chi connectivity index (χ1) is 11.5. The molecule has 0 spiro atoms. The van der Waals surface area contributed by atoms with E-state index < -0.39 is 0 Å². The van der Waals surface area contributed by atoms with Gasteiger partial charge in [-0.25, -0.2) is 4.98 Å². The lowest BCUT2D eigenvalue weighted by Gasteiger charge is -2.04. The van der Waals surface area contributed by atoms with E-state index in [4.69, 9.17) is 23.2 Å². The van der Waals surface area contributed by atoms with Gasteiger partial charge >= 0.3 is 0 Å². The smallest absolute Gasteiger partial charge is 0.257 e. The van der Waals surface area contributed by atoms with Gasteiger partial charge in [-0.1, -0.05) is 47.5 Å². The zero-order valence-corrected chi connectivity index (χ0v) is 15.2. The Morgan fingerprint density at radius 2 is 2.00 bits per heavy atom. The largest absolute Gasteiger partial charge is 0.298 e. The minimum atomic E-state index is -0.154. The van der Waals surface area contributed by atoms with Crippen molar-refractivity contribution >= 4 is 45.6 Å². The van der Waals surface area contributed by atoms with Crippen LogP contribution in [0.25, 0.3) is 0 Å². The van der Waals surface area contributed by atoms with E-state index in [-0.39, 0.29) is 5.91 Å². The Morgan fingerprint density at radius 1 is 1.21 bits per heavy atom. The molecule has 2 aromatic carbocycles. The fourth-order valence-corrected chi connectivity index (χ4v) is 3.60. The molecule has 0 saturated heterocycles. The third-order valence-electron chi connectivity index (χ3n) is 3.54. The van der Waals surface area contributed by atoms with Gasteiger partial charge in [0.2, 0.25) is 0 Å². The van der Waals surface area contributed by atoms with Gasteiger partial charge in [0.05, 0.1) is 0 Å². The molecule has 1 N–H and O–H groups in total. The van der Waals surface area contributed by atoms with E-state index in [1.807, 2.05) is 37.3 Å². The van der Waals surface area contributed by atoms with Crippen molar-refractivity contribution in [3.8, 4) is 0 Å². The summed E-state index contributed by atoms with van der Waals surface area (Å²) >= 11 is 13.5. The highest BCUT2D eigenvalue weighted by Crippen LogP contribution is 2.27. The molecule has 0 unspecified atom stereocenters. The molecule has 0 aliphatic heterocycles. The fourth-order valence-electron chi connectivity index (χ4n) is 2.29. The van der Waals surface area contributed by atoms with Crippen molar-refractivity contribution < 1.29 is 4.79 Å². The highest BCUT2D eigenvalue weighted by atomic mass is 35.5. The van der Waals surface area contributed by atoms with Crippen LogP contribution in [0.1, 0.15) is 26.4 Å². The minimum absolute atomic E-state index is 0.154. The minimum Gasteiger partial charge on any atom is -0.298 e. The molecule has 0 bridgehead atoms. The van der Waals surface area contributed by atoms with Crippen LogP contribution in [-0.2, 0) is 6.42 Å². The van der Waals surface area contributed by atoms with Gasteiger partial charge in [-0.3, -0.25) is 10.1 Å². The lowest BCUT2D eigenvalue weighted by molar-refractivity contribution is 0.102. The summed E-state index contributed by atoms with van der Waals surface area (Å²) < 4.78 is 0. The summed E-state index contributed by atoms with van der Waals surface area (Å²) in [6.45, 7) is 1.91. The van der Waals surface area contributed by atoms with Gasteiger partial charge in [-0.2, -0.15) is 0 Å². The van der Waals surface area contributed by atoms with Gasteiger partial charge < -0.3 is 0 Å². The van der Waals surface area contributed by atoms with Crippen LogP contribution in [0.3, 0.4) is 0 Å². The number of carbonyl (C=O) groups excluding carboxylic acids is 1. The monoisotopic (exact) mass is 376 g/mol. The summed E-state index contributed by atoms with van der Waals surface area (Å²) in [5, 5.41) is 4.65. The van der Waals surface area contributed by atoms with Gasteiger partial charge in [0.15, 0.2) is 5.13 Å². The Hall–Kier alpha value is -1.88. The molecule has 1 heterocycles.